The zero-order valence-electron chi connectivity index (χ0n) is 16.1. The maximum absolute atomic E-state index is 11.8. The number of benzene rings is 3. The first-order chi connectivity index (χ1) is 14.5. The fourth-order valence-corrected chi connectivity index (χ4v) is 3.46. The second-order valence-corrected chi connectivity index (χ2v) is 7.04. The van der Waals surface area contributed by atoms with E-state index in [0.29, 0.717) is 36.5 Å². The number of carbonyl (C=O) groups is 1. The van der Waals surface area contributed by atoms with Crippen molar-refractivity contribution in [3.8, 4) is 33.9 Å². The van der Waals surface area contributed by atoms with E-state index in [4.69, 9.17) is 14.3 Å². The van der Waals surface area contributed by atoms with Gasteiger partial charge in [0.25, 0.3) is 0 Å². The summed E-state index contributed by atoms with van der Waals surface area (Å²) in [5.74, 6) is 0.435. The number of hydrogen-bond donors (Lipinski definition) is 2. The molecule has 0 saturated heterocycles. The van der Waals surface area contributed by atoms with Crippen LogP contribution in [0.2, 0.25) is 0 Å². The predicted octanol–water partition coefficient (Wildman–Crippen LogP) is 4.90. The highest BCUT2D eigenvalue weighted by molar-refractivity contribution is 6.02. The van der Waals surface area contributed by atoms with Gasteiger partial charge in [0.2, 0.25) is 0 Å². The molecule has 0 bridgehead atoms. The predicted molar refractivity (Wildman–Crippen MR) is 113 cm³/mol. The van der Waals surface area contributed by atoms with Crippen LogP contribution in [0.15, 0.2) is 69.9 Å². The van der Waals surface area contributed by atoms with Crippen LogP contribution in [0.4, 0.5) is 0 Å². The first-order valence-corrected chi connectivity index (χ1v) is 9.66. The Morgan fingerprint density at radius 3 is 2.53 bits per heavy atom. The summed E-state index contributed by atoms with van der Waals surface area (Å²) in [5, 5.41) is 19.3. The van der Waals surface area contributed by atoms with Crippen molar-refractivity contribution in [2.24, 2.45) is 0 Å². The van der Waals surface area contributed by atoms with Crippen LogP contribution in [0.3, 0.4) is 0 Å². The molecule has 2 aromatic rings. The maximum atomic E-state index is 11.8. The number of rotatable bonds is 7. The van der Waals surface area contributed by atoms with Crippen molar-refractivity contribution < 1.29 is 24.2 Å². The highest BCUT2D eigenvalue weighted by atomic mass is 16.5. The molecule has 6 nitrogen and oxygen atoms in total. The number of fused-ring (bicyclic) bond motifs is 2. The van der Waals surface area contributed by atoms with Crippen LogP contribution < -0.4 is 10.2 Å². The van der Waals surface area contributed by atoms with Gasteiger partial charge < -0.3 is 19.4 Å². The second kappa shape index (κ2) is 8.29. The van der Waals surface area contributed by atoms with Crippen LogP contribution in [0.5, 0.6) is 11.5 Å². The van der Waals surface area contributed by atoms with Crippen LogP contribution in [0.25, 0.3) is 33.4 Å². The molecule has 0 saturated carbocycles. The molecule has 2 N–H and O–H groups in total. The minimum absolute atomic E-state index is 0.0847. The van der Waals surface area contributed by atoms with Crippen LogP contribution in [-0.4, -0.2) is 22.8 Å². The number of phenolic OH excluding ortho intramolecular Hbond substituents is 1. The third-order valence-electron chi connectivity index (χ3n) is 4.87. The molecule has 4 rings (SSSR count). The summed E-state index contributed by atoms with van der Waals surface area (Å²) in [6.07, 6.45) is 1.39. The summed E-state index contributed by atoms with van der Waals surface area (Å²) < 4.78 is 11.6. The van der Waals surface area contributed by atoms with Crippen molar-refractivity contribution in [1.82, 2.24) is 0 Å². The average Bonchev–Trinajstić information content (AvgIpc) is 2.72. The van der Waals surface area contributed by atoms with E-state index in [1.54, 1.807) is 18.2 Å². The Morgan fingerprint density at radius 2 is 1.77 bits per heavy atom. The molecule has 2 aliphatic rings. The van der Waals surface area contributed by atoms with Gasteiger partial charge in [0.15, 0.2) is 5.43 Å². The summed E-state index contributed by atoms with van der Waals surface area (Å²) in [5.41, 5.74) is 2.96. The smallest absolute Gasteiger partial charge is 0.303 e. The zero-order valence-corrected chi connectivity index (χ0v) is 16.1. The van der Waals surface area contributed by atoms with Crippen LogP contribution in [-0.2, 0) is 4.79 Å². The summed E-state index contributed by atoms with van der Waals surface area (Å²) in [6.45, 7) is 0.453. The molecule has 0 aromatic heterocycles. The fraction of sp³-hybridized carbons (Fsp3) is 0.167. The molecule has 0 fully saturated rings. The highest BCUT2D eigenvalue weighted by Gasteiger charge is 2.17. The molecule has 0 radical (unpaired) electrons. The topological polar surface area (TPSA) is 97.0 Å². The summed E-state index contributed by atoms with van der Waals surface area (Å²) in [6, 6.07) is 17.2. The van der Waals surface area contributed by atoms with Gasteiger partial charge in [0, 0.05) is 35.1 Å². The lowest BCUT2D eigenvalue weighted by Gasteiger charge is -2.15. The zero-order chi connectivity index (χ0) is 21.1. The van der Waals surface area contributed by atoms with Crippen molar-refractivity contribution in [3.05, 3.63) is 70.9 Å². The highest BCUT2D eigenvalue weighted by Crippen LogP contribution is 2.40. The van der Waals surface area contributed by atoms with E-state index >= 15 is 0 Å². The van der Waals surface area contributed by atoms with Gasteiger partial charge in [-0.15, -0.1) is 0 Å². The van der Waals surface area contributed by atoms with Crippen LogP contribution in [0.1, 0.15) is 19.3 Å². The van der Waals surface area contributed by atoms with Gasteiger partial charge in [-0.25, -0.2) is 0 Å². The number of carboxylic acid groups (broad SMARTS) is 1. The number of hydrogen-bond acceptors (Lipinski definition) is 5. The van der Waals surface area contributed by atoms with E-state index in [0.717, 1.165) is 22.1 Å². The molecule has 2 aromatic carbocycles. The normalized spacial score (nSPS) is 11.1. The SMILES string of the molecule is O=C(O)CCCCOc1ccc(-c2c3ccc(=O)cc-3oc3cc(O)ccc23)cc1. The lowest BCUT2D eigenvalue weighted by molar-refractivity contribution is -0.137. The van der Waals surface area contributed by atoms with Gasteiger partial charge in [0.1, 0.15) is 22.8 Å². The van der Waals surface area contributed by atoms with Crippen molar-refractivity contribution in [2.75, 3.05) is 6.61 Å². The van der Waals surface area contributed by atoms with Crippen molar-refractivity contribution in [2.45, 2.75) is 19.3 Å². The van der Waals surface area contributed by atoms with Gasteiger partial charge in [-0.05, 0) is 54.8 Å². The molecule has 0 unspecified atom stereocenters. The van der Waals surface area contributed by atoms with Gasteiger partial charge in [-0.3, -0.25) is 9.59 Å². The molecule has 0 amide bonds. The van der Waals surface area contributed by atoms with Gasteiger partial charge >= 0.3 is 5.97 Å². The monoisotopic (exact) mass is 404 g/mol. The number of carboxylic acids is 1. The third kappa shape index (κ3) is 4.12. The molecule has 1 aliphatic carbocycles. The summed E-state index contributed by atoms with van der Waals surface area (Å²) >= 11 is 0. The molecule has 152 valence electrons. The second-order valence-electron chi connectivity index (χ2n) is 7.04. The fourth-order valence-electron chi connectivity index (χ4n) is 3.46. The van der Waals surface area contributed by atoms with E-state index < -0.39 is 5.97 Å². The quantitative estimate of drug-likeness (QED) is 0.336. The number of aliphatic carboxylic acids is 1. The van der Waals surface area contributed by atoms with E-state index in [1.807, 2.05) is 24.3 Å². The number of unbranched alkanes of at least 4 members (excludes halogenated alkanes) is 1. The van der Waals surface area contributed by atoms with Crippen molar-refractivity contribution >= 4 is 16.9 Å². The average molecular weight is 404 g/mol. The van der Waals surface area contributed by atoms with E-state index in [2.05, 4.69) is 0 Å². The van der Waals surface area contributed by atoms with Crippen LogP contribution >= 0.6 is 0 Å². The van der Waals surface area contributed by atoms with Crippen molar-refractivity contribution in [1.29, 1.82) is 0 Å². The Hall–Kier alpha value is -3.80. The first kappa shape index (κ1) is 19.5. The third-order valence-corrected chi connectivity index (χ3v) is 4.87. The number of ether oxygens (including phenoxy) is 1. The van der Waals surface area contributed by atoms with E-state index in [9.17, 15) is 14.7 Å². The summed E-state index contributed by atoms with van der Waals surface area (Å²) in [4.78, 5) is 22.4. The Balaban J connectivity index is 1.66. The molecule has 1 aliphatic heterocycles. The Kier molecular flexibility index (Phi) is 5.39. The lowest BCUT2D eigenvalue weighted by atomic mass is 9.93. The Labute approximate surface area is 172 Å². The van der Waals surface area contributed by atoms with E-state index in [-0.39, 0.29) is 17.6 Å². The summed E-state index contributed by atoms with van der Waals surface area (Å²) in [7, 11) is 0. The molecule has 6 heteroatoms. The van der Waals surface area contributed by atoms with Crippen LogP contribution in [0, 0.1) is 0 Å². The minimum Gasteiger partial charge on any atom is -0.508 e. The molecule has 30 heavy (non-hydrogen) atoms. The van der Waals surface area contributed by atoms with Gasteiger partial charge in [0.05, 0.1) is 6.61 Å². The van der Waals surface area contributed by atoms with Gasteiger partial charge in [-0.1, -0.05) is 12.1 Å². The maximum Gasteiger partial charge on any atom is 0.303 e. The number of phenols is 1. The standard InChI is InChI=1S/C24H20O6/c25-16-6-10-19-21(13-16)30-22-14-17(26)7-11-20(22)24(19)15-4-8-18(9-5-15)29-12-2-1-3-23(27)28/h4-11,13-14,25H,1-3,12H2,(H,27,28). The molecule has 1 heterocycles. The minimum atomic E-state index is -0.800. The first-order valence-electron chi connectivity index (χ1n) is 9.66. The van der Waals surface area contributed by atoms with Crippen molar-refractivity contribution in [3.63, 3.8) is 0 Å². The molecular weight excluding hydrogens is 384 g/mol. The largest absolute Gasteiger partial charge is 0.508 e. The van der Waals surface area contributed by atoms with E-state index in [1.165, 1.54) is 18.2 Å². The Morgan fingerprint density at radius 1 is 0.967 bits per heavy atom. The molecule has 0 spiro atoms. The molecular formula is C24H20O6. The van der Waals surface area contributed by atoms with Gasteiger partial charge in [-0.2, -0.15) is 0 Å². The Bertz CT molecular complexity index is 1220. The molecule has 0 atom stereocenters. The number of aromatic hydroxyl groups is 1. The lowest BCUT2D eigenvalue weighted by Crippen LogP contribution is -2.01.